The number of nitrogens with two attached hydrogens (primary N) is 1. The van der Waals surface area contributed by atoms with Gasteiger partial charge < -0.3 is 10.7 Å². The Morgan fingerprint density at radius 2 is 1.68 bits per heavy atom. The Morgan fingerprint density at radius 1 is 1.05 bits per heavy atom. The molecule has 0 saturated heterocycles. The van der Waals surface area contributed by atoms with Gasteiger partial charge in [-0.2, -0.15) is 0 Å². The van der Waals surface area contributed by atoms with Crippen molar-refractivity contribution in [1.82, 2.24) is 9.97 Å². The van der Waals surface area contributed by atoms with Crippen LogP contribution in [0.2, 0.25) is 0 Å². The number of nitrogen functional groups attached to an aromatic ring is 1. The summed E-state index contributed by atoms with van der Waals surface area (Å²) in [6, 6.07) is 10.1. The molecule has 100 valence electrons. The summed E-state index contributed by atoms with van der Waals surface area (Å²) in [5.41, 5.74) is 4.83. The molecule has 4 N–H and O–H groups in total. The van der Waals surface area contributed by atoms with Crippen LogP contribution in [0.15, 0.2) is 30.3 Å². The van der Waals surface area contributed by atoms with E-state index in [0.717, 1.165) is 11.5 Å². The molecule has 0 bridgehead atoms. The number of hydrazine groups is 1. The second-order valence-corrected chi connectivity index (χ2v) is 4.73. The highest BCUT2D eigenvalue weighted by atomic mass is 15.3. The maximum absolute atomic E-state index is 5.37. The lowest BCUT2D eigenvalue weighted by molar-refractivity contribution is 0.867. The summed E-state index contributed by atoms with van der Waals surface area (Å²) in [5.74, 6) is 7.87. The molecule has 1 heterocycles. The zero-order valence-corrected chi connectivity index (χ0v) is 11.4. The minimum Gasteiger partial charge on any atom is -0.340 e. The predicted octanol–water partition coefficient (Wildman–Crippen LogP) is 2.94. The van der Waals surface area contributed by atoms with E-state index >= 15 is 0 Å². The number of hydrogen-bond donors (Lipinski definition) is 3. The van der Waals surface area contributed by atoms with Crippen molar-refractivity contribution in [3.05, 3.63) is 41.7 Å². The number of nitrogens with zero attached hydrogens (tertiary/aromatic N) is 2. The van der Waals surface area contributed by atoms with Crippen LogP contribution in [0.3, 0.4) is 0 Å². The molecule has 5 nitrogen and oxygen atoms in total. The maximum Gasteiger partial charge on any atom is 0.145 e. The molecule has 1 aromatic carbocycles. The first-order valence-electron chi connectivity index (χ1n) is 6.28. The summed E-state index contributed by atoms with van der Waals surface area (Å²) >= 11 is 0. The first kappa shape index (κ1) is 13.3. The van der Waals surface area contributed by atoms with Crippen LogP contribution in [0.4, 0.5) is 17.3 Å². The van der Waals surface area contributed by atoms with Gasteiger partial charge in [0.05, 0.1) is 0 Å². The zero-order chi connectivity index (χ0) is 13.8. The zero-order valence-electron chi connectivity index (χ0n) is 11.4. The van der Waals surface area contributed by atoms with Crippen LogP contribution >= 0.6 is 0 Å². The average molecular weight is 257 g/mol. The number of nitrogens with one attached hydrogen (secondary N) is 2. The SMILES string of the molecule is Cc1nc(NN)cc(Nc2ccc(C(C)C)cc2)n1. The average Bonchev–Trinajstić information content (AvgIpc) is 2.38. The number of rotatable bonds is 4. The molecule has 0 fully saturated rings. The first-order chi connectivity index (χ1) is 9.08. The van der Waals surface area contributed by atoms with Gasteiger partial charge >= 0.3 is 0 Å². The highest BCUT2D eigenvalue weighted by molar-refractivity contribution is 5.59. The molecule has 19 heavy (non-hydrogen) atoms. The number of benzene rings is 1. The third-order valence-corrected chi connectivity index (χ3v) is 2.84. The summed E-state index contributed by atoms with van der Waals surface area (Å²) in [4.78, 5) is 8.46. The van der Waals surface area contributed by atoms with E-state index in [2.05, 4.69) is 46.7 Å². The van der Waals surface area contributed by atoms with Crippen molar-refractivity contribution in [2.45, 2.75) is 26.7 Å². The lowest BCUT2D eigenvalue weighted by Crippen LogP contribution is -2.10. The van der Waals surface area contributed by atoms with Crippen molar-refractivity contribution in [2.24, 2.45) is 5.84 Å². The van der Waals surface area contributed by atoms with Crippen LogP contribution < -0.4 is 16.6 Å². The summed E-state index contributed by atoms with van der Waals surface area (Å²) in [5, 5.41) is 3.24. The largest absolute Gasteiger partial charge is 0.340 e. The van der Waals surface area contributed by atoms with Crippen molar-refractivity contribution in [3.63, 3.8) is 0 Å². The Bertz CT molecular complexity index is 548. The van der Waals surface area contributed by atoms with Crippen molar-refractivity contribution >= 4 is 17.3 Å². The van der Waals surface area contributed by atoms with Crippen molar-refractivity contribution in [3.8, 4) is 0 Å². The van der Waals surface area contributed by atoms with E-state index in [9.17, 15) is 0 Å². The van der Waals surface area contributed by atoms with Gasteiger partial charge in [-0.05, 0) is 30.5 Å². The molecule has 0 atom stereocenters. The molecule has 0 unspecified atom stereocenters. The Balaban J connectivity index is 2.18. The van der Waals surface area contributed by atoms with Gasteiger partial charge in [-0.25, -0.2) is 15.8 Å². The molecule has 0 aliphatic heterocycles. The van der Waals surface area contributed by atoms with E-state index in [1.165, 1.54) is 5.56 Å². The smallest absolute Gasteiger partial charge is 0.145 e. The van der Waals surface area contributed by atoms with Crippen molar-refractivity contribution < 1.29 is 0 Å². The van der Waals surface area contributed by atoms with Crippen LogP contribution in [0.1, 0.15) is 31.2 Å². The predicted molar refractivity (Wildman–Crippen MR) is 78.4 cm³/mol. The van der Waals surface area contributed by atoms with Gasteiger partial charge in [0, 0.05) is 11.8 Å². The molecule has 0 amide bonds. The van der Waals surface area contributed by atoms with Crippen LogP contribution in [-0.2, 0) is 0 Å². The molecule has 0 saturated carbocycles. The molecule has 2 aromatic rings. The van der Waals surface area contributed by atoms with Crippen LogP contribution in [-0.4, -0.2) is 9.97 Å². The van der Waals surface area contributed by atoms with Gasteiger partial charge in [0.25, 0.3) is 0 Å². The highest BCUT2D eigenvalue weighted by Crippen LogP contribution is 2.20. The molecular formula is C14H19N5. The third-order valence-electron chi connectivity index (χ3n) is 2.84. The lowest BCUT2D eigenvalue weighted by atomic mass is 10.0. The van der Waals surface area contributed by atoms with Gasteiger partial charge in [0.1, 0.15) is 17.5 Å². The van der Waals surface area contributed by atoms with E-state index in [-0.39, 0.29) is 0 Å². The Kier molecular flexibility index (Phi) is 3.97. The summed E-state index contributed by atoms with van der Waals surface area (Å²) in [7, 11) is 0. The topological polar surface area (TPSA) is 75.9 Å². The summed E-state index contributed by atoms with van der Waals surface area (Å²) in [6.45, 7) is 6.18. The second-order valence-electron chi connectivity index (χ2n) is 4.73. The fourth-order valence-electron chi connectivity index (χ4n) is 1.80. The number of anilines is 3. The molecule has 0 aliphatic carbocycles. The maximum atomic E-state index is 5.37. The van der Waals surface area contributed by atoms with Crippen LogP contribution in [0, 0.1) is 6.92 Å². The quantitative estimate of drug-likeness (QED) is 0.580. The fourth-order valence-corrected chi connectivity index (χ4v) is 1.80. The van der Waals surface area contributed by atoms with Crippen LogP contribution in [0.5, 0.6) is 0 Å². The molecule has 0 aliphatic rings. The molecule has 0 spiro atoms. The third kappa shape index (κ3) is 3.42. The Hall–Kier alpha value is -2.14. The number of aromatic nitrogens is 2. The minimum absolute atomic E-state index is 0.531. The van der Waals surface area contributed by atoms with Gasteiger partial charge in [-0.3, -0.25) is 0 Å². The van der Waals surface area contributed by atoms with Crippen molar-refractivity contribution in [1.29, 1.82) is 0 Å². The Labute approximate surface area is 113 Å². The van der Waals surface area contributed by atoms with E-state index in [1.54, 1.807) is 6.07 Å². The van der Waals surface area contributed by atoms with Gasteiger partial charge in [-0.15, -0.1) is 0 Å². The standard InChI is InChI=1S/C14H19N5/c1-9(2)11-4-6-12(7-5-11)18-13-8-14(19-15)17-10(3)16-13/h4-9H,15H2,1-3H3,(H2,16,17,18,19). The molecule has 2 rings (SSSR count). The molecule has 1 aromatic heterocycles. The van der Waals surface area contributed by atoms with E-state index < -0.39 is 0 Å². The first-order valence-corrected chi connectivity index (χ1v) is 6.28. The number of aryl methyl sites for hydroxylation is 1. The van der Waals surface area contributed by atoms with E-state index in [4.69, 9.17) is 5.84 Å². The van der Waals surface area contributed by atoms with Gasteiger partial charge in [0.2, 0.25) is 0 Å². The van der Waals surface area contributed by atoms with Gasteiger partial charge in [0.15, 0.2) is 0 Å². The van der Waals surface area contributed by atoms with Crippen LogP contribution in [0.25, 0.3) is 0 Å². The second kappa shape index (κ2) is 5.67. The molecular weight excluding hydrogens is 238 g/mol. The lowest BCUT2D eigenvalue weighted by Gasteiger charge is -2.10. The van der Waals surface area contributed by atoms with Crippen molar-refractivity contribution in [2.75, 3.05) is 10.7 Å². The van der Waals surface area contributed by atoms with E-state index in [1.807, 2.05) is 19.1 Å². The number of hydrogen-bond acceptors (Lipinski definition) is 5. The highest BCUT2D eigenvalue weighted by Gasteiger charge is 2.02. The molecule has 0 radical (unpaired) electrons. The van der Waals surface area contributed by atoms with Gasteiger partial charge in [-0.1, -0.05) is 26.0 Å². The summed E-state index contributed by atoms with van der Waals surface area (Å²) in [6.07, 6.45) is 0. The minimum atomic E-state index is 0.531. The monoisotopic (exact) mass is 257 g/mol. The summed E-state index contributed by atoms with van der Waals surface area (Å²) < 4.78 is 0. The molecule has 5 heteroatoms. The normalized spacial score (nSPS) is 10.6. The van der Waals surface area contributed by atoms with E-state index in [0.29, 0.717) is 17.6 Å². The fraction of sp³-hybridized carbons (Fsp3) is 0.286. The Morgan fingerprint density at radius 3 is 2.26 bits per heavy atom.